The maximum Gasteiger partial charge on any atom is 0.0843 e. The first-order valence-electron chi connectivity index (χ1n) is 4.42. The Bertz CT molecular complexity index is 403. The number of rotatable bonds is 4. The molecule has 0 saturated heterocycles. The molecule has 2 aromatic heterocycles. The summed E-state index contributed by atoms with van der Waals surface area (Å²) < 4.78 is 2.30. The van der Waals surface area contributed by atoms with Crippen LogP contribution in [0.25, 0.3) is 0 Å². The molecular formula is C10H9Br2NS2. The zero-order chi connectivity index (χ0) is 10.7. The maximum atomic E-state index is 3.49. The number of thiophene rings is 2. The average molecular weight is 367 g/mol. The van der Waals surface area contributed by atoms with Crippen LogP contribution >= 0.6 is 54.5 Å². The summed E-state index contributed by atoms with van der Waals surface area (Å²) in [5, 5.41) is 5.53. The Labute approximate surface area is 114 Å². The number of hydrogen-bond acceptors (Lipinski definition) is 3. The molecule has 0 bridgehead atoms. The summed E-state index contributed by atoms with van der Waals surface area (Å²) in [6, 6.07) is 6.38. The lowest BCUT2D eigenvalue weighted by Gasteiger charge is -1.99. The molecule has 80 valence electrons. The van der Waals surface area contributed by atoms with Gasteiger partial charge in [-0.2, -0.15) is 0 Å². The molecule has 0 unspecified atom stereocenters. The minimum absolute atomic E-state index is 0.923. The fourth-order valence-electron chi connectivity index (χ4n) is 1.20. The topological polar surface area (TPSA) is 12.0 Å². The number of halogens is 2. The lowest BCUT2D eigenvalue weighted by atomic mass is 10.4. The lowest BCUT2D eigenvalue weighted by molar-refractivity contribution is 0.709. The van der Waals surface area contributed by atoms with Crippen molar-refractivity contribution in [3.8, 4) is 0 Å². The molecule has 0 amide bonds. The molecule has 5 heteroatoms. The van der Waals surface area contributed by atoms with Gasteiger partial charge in [-0.3, -0.25) is 0 Å². The third-order valence-electron chi connectivity index (χ3n) is 1.87. The Morgan fingerprint density at radius 1 is 1.20 bits per heavy atom. The Morgan fingerprint density at radius 2 is 2.00 bits per heavy atom. The summed E-state index contributed by atoms with van der Waals surface area (Å²) in [5.74, 6) is 0. The summed E-state index contributed by atoms with van der Waals surface area (Å²) >= 11 is 10.5. The molecule has 1 nitrogen and oxygen atoms in total. The van der Waals surface area contributed by atoms with Crippen LogP contribution < -0.4 is 5.32 Å². The molecule has 0 aliphatic rings. The van der Waals surface area contributed by atoms with Gasteiger partial charge in [-0.15, -0.1) is 22.7 Å². The quantitative estimate of drug-likeness (QED) is 0.832. The highest BCUT2D eigenvalue weighted by Gasteiger charge is 2.03. The van der Waals surface area contributed by atoms with E-state index in [1.54, 1.807) is 22.7 Å². The van der Waals surface area contributed by atoms with E-state index in [1.807, 2.05) is 0 Å². The molecule has 0 aliphatic carbocycles. The van der Waals surface area contributed by atoms with E-state index in [2.05, 4.69) is 60.8 Å². The van der Waals surface area contributed by atoms with Gasteiger partial charge < -0.3 is 5.32 Å². The lowest BCUT2D eigenvalue weighted by Crippen LogP contribution is -2.10. The molecule has 0 aliphatic heterocycles. The van der Waals surface area contributed by atoms with E-state index in [-0.39, 0.29) is 0 Å². The van der Waals surface area contributed by atoms with Crippen molar-refractivity contribution in [2.24, 2.45) is 0 Å². The highest BCUT2D eigenvalue weighted by Crippen LogP contribution is 2.32. The summed E-state index contributed by atoms with van der Waals surface area (Å²) in [6.07, 6.45) is 0. The second-order valence-corrected chi connectivity index (χ2v) is 7.36. The van der Waals surface area contributed by atoms with Crippen molar-refractivity contribution in [2.75, 3.05) is 0 Å². The molecule has 2 heterocycles. The van der Waals surface area contributed by atoms with Gasteiger partial charge in [0.1, 0.15) is 0 Å². The van der Waals surface area contributed by atoms with Gasteiger partial charge in [-0.1, -0.05) is 6.07 Å². The minimum atomic E-state index is 0.923. The molecule has 0 radical (unpaired) electrons. The van der Waals surface area contributed by atoms with Crippen LogP contribution in [-0.2, 0) is 13.1 Å². The predicted octanol–water partition coefficient (Wildman–Crippen LogP) is 4.62. The fourth-order valence-corrected chi connectivity index (χ4v) is 4.02. The molecule has 0 fully saturated rings. The molecule has 0 aromatic carbocycles. The van der Waals surface area contributed by atoms with E-state index in [1.165, 1.54) is 9.75 Å². The molecule has 0 saturated carbocycles. The van der Waals surface area contributed by atoms with Gasteiger partial charge in [-0.05, 0) is 49.4 Å². The zero-order valence-electron chi connectivity index (χ0n) is 7.80. The van der Waals surface area contributed by atoms with Crippen LogP contribution in [0, 0.1) is 0 Å². The first-order valence-corrected chi connectivity index (χ1v) is 7.71. The first kappa shape index (κ1) is 11.8. The highest BCUT2D eigenvalue weighted by atomic mass is 79.9. The van der Waals surface area contributed by atoms with Gasteiger partial charge in [0, 0.05) is 27.3 Å². The second-order valence-electron chi connectivity index (χ2n) is 3.02. The van der Waals surface area contributed by atoms with E-state index in [4.69, 9.17) is 0 Å². The Hall–Kier alpha value is 0.320. The van der Waals surface area contributed by atoms with Crippen LogP contribution in [0.15, 0.2) is 31.8 Å². The van der Waals surface area contributed by atoms with Gasteiger partial charge in [0.2, 0.25) is 0 Å². The minimum Gasteiger partial charge on any atom is -0.307 e. The van der Waals surface area contributed by atoms with E-state index in [0.29, 0.717) is 0 Å². The monoisotopic (exact) mass is 365 g/mol. The van der Waals surface area contributed by atoms with Crippen LogP contribution in [0.5, 0.6) is 0 Å². The van der Waals surface area contributed by atoms with Gasteiger partial charge >= 0.3 is 0 Å². The summed E-state index contributed by atoms with van der Waals surface area (Å²) in [6.45, 7) is 1.87. The normalized spacial score (nSPS) is 10.8. The third kappa shape index (κ3) is 3.39. The molecule has 2 aromatic rings. The maximum absolute atomic E-state index is 3.49. The van der Waals surface area contributed by atoms with Crippen molar-refractivity contribution in [3.05, 3.63) is 41.6 Å². The highest BCUT2D eigenvalue weighted by molar-refractivity contribution is 9.13. The Kier molecular flexibility index (Phi) is 4.40. The largest absolute Gasteiger partial charge is 0.307 e. The van der Waals surface area contributed by atoms with Crippen molar-refractivity contribution < 1.29 is 0 Å². The first-order chi connectivity index (χ1) is 7.25. The Balaban J connectivity index is 1.83. The Morgan fingerprint density at radius 3 is 2.60 bits per heavy atom. The fraction of sp³-hybridized carbons (Fsp3) is 0.200. The molecule has 0 atom stereocenters. The molecule has 2 rings (SSSR count). The number of nitrogens with one attached hydrogen (secondary N) is 1. The molecule has 0 spiro atoms. The standard InChI is InChI=1S/C10H9Br2NS2/c11-9-4-8(15-10(9)12)6-13-5-7-2-1-3-14-7/h1-4,13H,5-6H2. The van der Waals surface area contributed by atoms with Crippen LogP contribution in [0.2, 0.25) is 0 Å². The van der Waals surface area contributed by atoms with Gasteiger partial charge in [0.15, 0.2) is 0 Å². The van der Waals surface area contributed by atoms with Crippen LogP contribution in [0.3, 0.4) is 0 Å². The van der Waals surface area contributed by atoms with Crippen LogP contribution in [0.4, 0.5) is 0 Å². The van der Waals surface area contributed by atoms with Crippen LogP contribution in [-0.4, -0.2) is 0 Å². The van der Waals surface area contributed by atoms with Gasteiger partial charge in [-0.25, -0.2) is 0 Å². The third-order valence-corrected chi connectivity index (χ3v) is 6.01. The second kappa shape index (κ2) is 5.59. The van der Waals surface area contributed by atoms with Gasteiger partial charge in [0.25, 0.3) is 0 Å². The molecule has 15 heavy (non-hydrogen) atoms. The van der Waals surface area contributed by atoms with Crippen molar-refractivity contribution in [3.63, 3.8) is 0 Å². The summed E-state index contributed by atoms with van der Waals surface area (Å²) in [4.78, 5) is 2.72. The van der Waals surface area contributed by atoms with Gasteiger partial charge in [0.05, 0.1) is 3.79 Å². The van der Waals surface area contributed by atoms with E-state index < -0.39 is 0 Å². The van der Waals surface area contributed by atoms with Crippen LogP contribution in [0.1, 0.15) is 9.75 Å². The van der Waals surface area contributed by atoms with Crippen molar-refractivity contribution in [1.29, 1.82) is 0 Å². The SMILES string of the molecule is Brc1cc(CNCc2cccs2)sc1Br. The van der Waals surface area contributed by atoms with E-state index in [0.717, 1.165) is 21.3 Å². The predicted molar refractivity (Wildman–Crippen MR) is 74.6 cm³/mol. The smallest absolute Gasteiger partial charge is 0.0843 e. The van der Waals surface area contributed by atoms with Crippen molar-refractivity contribution >= 4 is 54.5 Å². The summed E-state index contributed by atoms with van der Waals surface area (Å²) in [7, 11) is 0. The summed E-state index contributed by atoms with van der Waals surface area (Å²) in [5.41, 5.74) is 0. The van der Waals surface area contributed by atoms with E-state index in [9.17, 15) is 0 Å². The average Bonchev–Trinajstić information content (AvgIpc) is 2.79. The van der Waals surface area contributed by atoms with Crippen molar-refractivity contribution in [2.45, 2.75) is 13.1 Å². The zero-order valence-corrected chi connectivity index (χ0v) is 12.6. The van der Waals surface area contributed by atoms with Crippen molar-refractivity contribution in [1.82, 2.24) is 5.32 Å². The van der Waals surface area contributed by atoms with E-state index >= 15 is 0 Å². The molecular weight excluding hydrogens is 358 g/mol. The number of hydrogen-bond donors (Lipinski definition) is 1. The molecule has 1 N–H and O–H groups in total.